The average molecular weight is 344 g/mol. The van der Waals surface area contributed by atoms with Crippen molar-refractivity contribution in [3.63, 3.8) is 0 Å². The molecule has 0 atom stereocenters. The molecule has 2 aromatic carbocycles. The van der Waals surface area contributed by atoms with Crippen LogP contribution in [0.15, 0.2) is 74.6 Å². The third kappa shape index (κ3) is 2.29. The largest absolute Gasteiger partial charge is 0.448 e. The van der Waals surface area contributed by atoms with Gasteiger partial charge in [0.05, 0.1) is 6.33 Å². The molecular formula is C19H12N4O3. The van der Waals surface area contributed by atoms with Crippen LogP contribution >= 0.6 is 0 Å². The van der Waals surface area contributed by atoms with E-state index in [1.807, 2.05) is 54.6 Å². The first-order valence-corrected chi connectivity index (χ1v) is 8.04. The lowest BCUT2D eigenvalue weighted by Crippen LogP contribution is -2.20. The van der Waals surface area contributed by atoms with Crippen molar-refractivity contribution in [1.29, 1.82) is 0 Å². The number of aromatic nitrogens is 4. The summed E-state index contributed by atoms with van der Waals surface area (Å²) in [6.45, 7) is 0.124. The molecule has 0 aliphatic rings. The molecule has 0 aliphatic heterocycles. The van der Waals surface area contributed by atoms with Crippen LogP contribution in [0.1, 0.15) is 5.89 Å². The fourth-order valence-corrected chi connectivity index (χ4v) is 2.89. The monoisotopic (exact) mass is 344 g/mol. The van der Waals surface area contributed by atoms with E-state index in [9.17, 15) is 4.79 Å². The van der Waals surface area contributed by atoms with Crippen LogP contribution < -0.4 is 5.56 Å². The summed E-state index contributed by atoms with van der Waals surface area (Å²) in [7, 11) is 0. The van der Waals surface area contributed by atoms with Crippen LogP contribution in [0.4, 0.5) is 0 Å². The van der Waals surface area contributed by atoms with E-state index in [4.69, 9.17) is 8.83 Å². The second-order valence-corrected chi connectivity index (χ2v) is 5.82. The summed E-state index contributed by atoms with van der Waals surface area (Å²) < 4.78 is 12.7. The van der Waals surface area contributed by atoms with Crippen molar-refractivity contribution in [2.75, 3.05) is 0 Å². The molecule has 5 aromatic rings. The van der Waals surface area contributed by atoms with Gasteiger partial charge >= 0.3 is 0 Å². The zero-order valence-electron chi connectivity index (χ0n) is 13.5. The van der Waals surface area contributed by atoms with E-state index in [2.05, 4.69) is 15.2 Å². The molecule has 0 bridgehead atoms. The van der Waals surface area contributed by atoms with Crippen LogP contribution in [0, 0.1) is 0 Å². The average Bonchev–Trinajstić information content (AvgIpc) is 3.30. The van der Waals surface area contributed by atoms with Crippen LogP contribution in [0.5, 0.6) is 0 Å². The molecule has 0 N–H and O–H groups in total. The highest BCUT2D eigenvalue weighted by Crippen LogP contribution is 2.24. The Balaban J connectivity index is 1.54. The summed E-state index contributed by atoms with van der Waals surface area (Å²) in [5.41, 5.74) is 1.94. The van der Waals surface area contributed by atoms with Gasteiger partial charge in [-0.05, 0) is 24.3 Å². The number of nitrogens with zero attached hydrogens (tertiary/aromatic N) is 4. The van der Waals surface area contributed by atoms with Crippen LogP contribution in [0.3, 0.4) is 0 Å². The lowest BCUT2D eigenvalue weighted by molar-refractivity contribution is 0.482. The van der Waals surface area contributed by atoms with E-state index >= 15 is 0 Å². The molecule has 0 spiro atoms. The molecule has 0 fully saturated rings. The molecule has 0 radical (unpaired) electrons. The van der Waals surface area contributed by atoms with Gasteiger partial charge in [0.1, 0.15) is 17.6 Å². The van der Waals surface area contributed by atoms with Gasteiger partial charge in [0.25, 0.3) is 5.56 Å². The first-order valence-electron chi connectivity index (χ1n) is 8.04. The highest BCUT2D eigenvalue weighted by atomic mass is 16.4. The highest BCUT2D eigenvalue weighted by Gasteiger charge is 2.15. The van der Waals surface area contributed by atoms with Gasteiger partial charge < -0.3 is 8.83 Å². The van der Waals surface area contributed by atoms with Crippen molar-refractivity contribution in [2.45, 2.75) is 6.54 Å². The molecular weight excluding hydrogens is 332 g/mol. The number of furan rings is 1. The lowest BCUT2D eigenvalue weighted by atomic mass is 10.2. The van der Waals surface area contributed by atoms with E-state index in [0.717, 1.165) is 10.9 Å². The molecule has 0 unspecified atom stereocenters. The van der Waals surface area contributed by atoms with Gasteiger partial charge in [0.15, 0.2) is 0 Å². The SMILES string of the molecule is O=c1c2oc3ccccc3c2ncn1Cc1nnc(-c2ccccc2)o1. The normalized spacial score (nSPS) is 11.4. The minimum absolute atomic E-state index is 0.124. The molecule has 0 aliphatic carbocycles. The molecule has 3 aromatic heterocycles. The third-order valence-corrected chi connectivity index (χ3v) is 4.14. The number of hydrogen-bond acceptors (Lipinski definition) is 6. The van der Waals surface area contributed by atoms with Crippen LogP contribution in [-0.4, -0.2) is 19.7 Å². The van der Waals surface area contributed by atoms with Crippen molar-refractivity contribution in [1.82, 2.24) is 19.7 Å². The van der Waals surface area contributed by atoms with Gasteiger partial charge in [-0.3, -0.25) is 9.36 Å². The molecule has 7 heteroatoms. The molecule has 0 saturated heterocycles. The summed E-state index contributed by atoms with van der Waals surface area (Å²) in [4.78, 5) is 17.1. The quantitative estimate of drug-likeness (QED) is 0.499. The molecule has 5 rings (SSSR count). The Hall–Kier alpha value is -3.74. The Morgan fingerprint density at radius 2 is 1.73 bits per heavy atom. The van der Waals surface area contributed by atoms with Gasteiger partial charge in [0, 0.05) is 10.9 Å². The second kappa shape index (κ2) is 5.66. The smallest absolute Gasteiger partial charge is 0.297 e. The maximum absolute atomic E-state index is 12.7. The van der Waals surface area contributed by atoms with Crippen molar-refractivity contribution >= 4 is 22.1 Å². The fraction of sp³-hybridized carbons (Fsp3) is 0.0526. The molecule has 3 heterocycles. The van der Waals surface area contributed by atoms with Gasteiger partial charge in [-0.1, -0.05) is 30.3 Å². The lowest BCUT2D eigenvalue weighted by Gasteiger charge is -2.00. The number of rotatable bonds is 3. The summed E-state index contributed by atoms with van der Waals surface area (Å²) in [5.74, 6) is 0.731. The highest BCUT2D eigenvalue weighted by molar-refractivity contribution is 6.01. The molecule has 0 amide bonds. The van der Waals surface area contributed by atoms with Gasteiger partial charge in [0.2, 0.25) is 17.4 Å². The third-order valence-electron chi connectivity index (χ3n) is 4.14. The van der Waals surface area contributed by atoms with E-state index < -0.39 is 0 Å². The number of para-hydroxylation sites is 1. The van der Waals surface area contributed by atoms with Crippen LogP contribution in [-0.2, 0) is 6.54 Å². The van der Waals surface area contributed by atoms with E-state index in [1.54, 1.807) is 0 Å². The minimum Gasteiger partial charge on any atom is -0.448 e. The van der Waals surface area contributed by atoms with Crippen molar-refractivity contribution in [2.24, 2.45) is 0 Å². The summed E-state index contributed by atoms with van der Waals surface area (Å²) in [6.07, 6.45) is 1.47. The molecule has 7 nitrogen and oxygen atoms in total. The molecule has 126 valence electrons. The summed E-state index contributed by atoms with van der Waals surface area (Å²) >= 11 is 0. The first kappa shape index (κ1) is 14.6. The number of hydrogen-bond donors (Lipinski definition) is 0. The van der Waals surface area contributed by atoms with E-state index in [-0.39, 0.29) is 17.7 Å². The first-order chi connectivity index (χ1) is 12.8. The Bertz CT molecular complexity index is 1280. The molecule has 0 saturated carbocycles. The summed E-state index contributed by atoms with van der Waals surface area (Å²) in [5, 5.41) is 8.87. The van der Waals surface area contributed by atoms with Gasteiger partial charge in [-0.25, -0.2) is 4.98 Å². The van der Waals surface area contributed by atoms with Crippen molar-refractivity contribution < 1.29 is 8.83 Å². The predicted molar refractivity (Wildman–Crippen MR) is 94.6 cm³/mol. The van der Waals surface area contributed by atoms with E-state index in [0.29, 0.717) is 22.9 Å². The van der Waals surface area contributed by atoms with Gasteiger partial charge in [-0.15, -0.1) is 10.2 Å². The summed E-state index contributed by atoms with van der Waals surface area (Å²) in [6, 6.07) is 16.9. The topological polar surface area (TPSA) is 87.0 Å². The Morgan fingerprint density at radius 3 is 2.62 bits per heavy atom. The standard InChI is InChI=1S/C19H12N4O3/c24-19-17-16(13-8-4-5-9-14(13)25-17)20-11-23(19)10-15-21-22-18(26-15)12-6-2-1-3-7-12/h1-9,11H,10H2. The fourth-order valence-electron chi connectivity index (χ4n) is 2.89. The van der Waals surface area contributed by atoms with Crippen LogP contribution in [0.2, 0.25) is 0 Å². The molecule has 26 heavy (non-hydrogen) atoms. The second-order valence-electron chi connectivity index (χ2n) is 5.82. The Labute approximate surface area is 146 Å². The van der Waals surface area contributed by atoms with Gasteiger partial charge in [-0.2, -0.15) is 0 Å². The zero-order valence-corrected chi connectivity index (χ0v) is 13.5. The maximum Gasteiger partial charge on any atom is 0.297 e. The zero-order chi connectivity index (χ0) is 17.5. The predicted octanol–water partition coefficient (Wildman–Crippen LogP) is 3.24. The Kier molecular flexibility index (Phi) is 3.18. The van der Waals surface area contributed by atoms with Crippen LogP contribution in [0.25, 0.3) is 33.5 Å². The van der Waals surface area contributed by atoms with E-state index in [1.165, 1.54) is 10.9 Å². The maximum atomic E-state index is 12.7. The minimum atomic E-state index is -0.286. The van der Waals surface area contributed by atoms with Crippen molar-refractivity contribution in [3.05, 3.63) is 77.2 Å². The number of fused-ring (bicyclic) bond motifs is 3. The number of benzene rings is 2. The Morgan fingerprint density at radius 1 is 0.923 bits per heavy atom. The van der Waals surface area contributed by atoms with Crippen molar-refractivity contribution in [3.8, 4) is 11.5 Å².